The lowest BCUT2D eigenvalue weighted by Crippen LogP contribution is -2.47. The van der Waals surface area contributed by atoms with Crippen LogP contribution in [-0.2, 0) is 20.8 Å². The van der Waals surface area contributed by atoms with Gasteiger partial charge in [-0.05, 0) is 29.2 Å². The van der Waals surface area contributed by atoms with Crippen LogP contribution in [0.1, 0.15) is 34.9 Å². The number of likely N-dealkylation sites (N-methyl/N-ethyl adjacent to an activating group) is 1. The van der Waals surface area contributed by atoms with Crippen molar-refractivity contribution in [2.24, 2.45) is 0 Å². The number of methoxy groups -OCH3 is 1. The standard InChI is InChI=1S/C34H42N6O4/c1-36(14-17-43-2)34(42)32-23-38(22-31(32)30-9-5-7-26-6-3-4-8-29(26)30)21-28-20-35-25-40(28)27-10-12-39(13-11-27)33(41)24-37-15-18-44-19-16-37/h3-9,20,22-23,25,27H,10-19,21,24H2,1-2H3. The van der Waals surface area contributed by atoms with Crippen LogP contribution in [0.5, 0.6) is 0 Å². The Morgan fingerprint density at radius 2 is 1.77 bits per heavy atom. The Morgan fingerprint density at radius 3 is 2.57 bits per heavy atom. The van der Waals surface area contributed by atoms with Crippen LogP contribution in [0.3, 0.4) is 0 Å². The number of aromatic nitrogens is 3. The number of carbonyl (C=O) groups is 2. The van der Waals surface area contributed by atoms with Gasteiger partial charge < -0.3 is 28.4 Å². The predicted octanol–water partition coefficient (Wildman–Crippen LogP) is 3.77. The van der Waals surface area contributed by atoms with Gasteiger partial charge in [0.05, 0.1) is 50.5 Å². The molecule has 4 heterocycles. The predicted molar refractivity (Wildman–Crippen MR) is 170 cm³/mol. The molecule has 2 aliphatic heterocycles. The zero-order valence-electron chi connectivity index (χ0n) is 25.7. The zero-order chi connectivity index (χ0) is 30.5. The Kier molecular flexibility index (Phi) is 9.40. The molecule has 2 fully saturated rings. The molecule has 2 amide bonds. The summed E-state index contributed by atoms with van der Waals surface area (Å²) in [7, 11) is 3.46. The summed E-state index contributed by atoms with van der Waals surface area (Å²) in [4.78, 5) is 37.1. The third kappa shape index (κ3) is 6.57. The maximum absolute atomic E-state index is 13.7. The SMILES string of the molecule is COCCN(C)C(=O)c1cn(Cc2cncn2C2CCN(C(=O)CN3CCOCC3)CC2)cc1-c1cccc2ccccc12. The Balaban J connectivity index is 1.21. The molecule has 44 heavy (non-hydrogen) atoms. The second kappa shape index (κ2) is 13.8. The molecular formula is C34H42N6O4. The highest BCUT2D eigenvalue weighted by Gasteiger charge is 2.27. The van der Waals surface area contributed by atoms with Crippen molar-refractivity contribution in [1.29, 1.82) is 0 Å². The van der Waals surface area contributed by atoms with E-state index in [1.165, 1.54) is 0 Å². The van der Waals surface area contributed by atoms with E-state index >= 15 is 0 Å². The maximum Gasteiger partial charge on any atom is 0.255 e. The van der Waals surface area contributed by atoms with Crippen molar-refractivity contribution in [3.63, 3.8) is 0 Å². The normalized spacial score (nSPS) is 16.5. The number of likely N-dealkylation sites (tertiary alicyclic amines) is 1. The number of morpholine rings is 1. The lowest BCUT2D eigenvalue weighted by atomic mass is 9.97. The summed E-state index contributed by atoms with van der Waals surface area (Å²) in [6.07, 6.45) is 9.65. The van der Waals surface area contributed by atoms with Gasteiger partial charge in [0, 0.05) is 77.1 Å². The summed E-state index contributed by atoms with van der Waals surface area (Å²) in [5, 5.41) is 2.25. The number of hydrogen-bond acceptors (Lipinski definition) is 6. The monoisotopic (exact) mass is 598 g/mol. The van der Waals surface area contributed by atoms with Gasteiger partial charge in [-0.3, -0.25) is 14.5 Å². The molecular weight excluding hydrogens is 556 g/mol. The van der Waals surface area contributed by atoms with Gasteiger partial charge in [-0.15, -0.1) is 0 Å². The van der Waals surface area contributed by atoms with Crippen LogP contribution in [0, 0.1) is 0 Å². The van der Waals surface area contributed by atoms with Crippen molar-refractivity contribution >= 4 is 22.6 Å². The first-order valence-electron chi connectivity index (χ1n) is 15.5. The summed E-state index contributed by atoms with van der Waals surface area (Å²) < 4.78 is 15.0. The molecule has 0 bridgehead atoms. The summed E-state index contributed by atoms with van der Waals surface area (Å²) >= 11 is 0. The molecule has 0 spiro atoms. The van der Waals surface area contributed by atoms with Crippen LogP contribution in [0.4, 0.5) is 0 Å². The van der Waals surface area contributed by atoms with E-state index in [1.54, 1.807) is 12.0 Å². The molecule has 10 nitrogen and oxygen atoms in total. The maximum atomic E-state index is 13.7. The van der Waals surface area contributed by atoms with Crippen molar-refractivity contribution in [3.8, 4) is 11.1 Å². The van der Waals surface area contributed by atoms with E-state index in [0.717, 1.165) is 66.6 Å². The lowest BCUT2D eigenvalue weighted by Gasteiger charge is -2.35. The average molecular weight is 599 g/mol. The van der Waals surface area contributed by atoms with Gasteiger partial charge in [-0.1, -0.05) is 42.5 Å². The van der Waals surface area contributed by atoms with Gasteiger partial charge >= 0.3 is 0 Å². The number of benzene rings is 2. The van der Waals surface area contributed by atoms with E-state index in [1.807, 2.05) is 48.9 Å². The highest BCUT2D eigenvalue weighted by Crippen LogP contribution is 2.33. The van der Waals surface area contributed by atoms with E-state index in [2.05, 4.69) is 49.5 Å². The number of ether oxygens (including phenoxy) is 2. The fourth-order valence-electron chi connectivity index (χ4n) is 6.39. The average Bonchev–Trinajstić information content (AvgIpc) is 3.71. The number of rotatable bonds is 10. The molecule has 10 heteroatoms. The Hall–Kier alpha value is -3.99. The van der Waals surface area contributed by atoms with E-state index in [9.17, 15) is 9.59 Å². The fourth-order valence-corrected chi connectivity index (χ4v) is 6.39. The molecule has 232 valence electrons. The highest BCUT2D eigenvalue weighted by atomic mass is 16.5. The van der Waals surface area contributed by atoms with Crippen molar-refractivity contribution in [3.05, 3.63) is 78.6 Å². The summed E-state index contributed by atoms with van der Waals surface area (Å²) in [5.74, 6) is 0.170. The van der Waals surface area contributed by atoms with Crippen molar-refractivity contribution < 1.29 is 19.1 Å². The second-order valence-electron chi connectivity index (χ2n) is 11.8. The van der Waals surface area contributed by atoms with Gasteiger partial charge in [-0.25, -0.2) is 4.98 Å². The lowest BCUT2D eigenvalue weighted by molar-refractivity contribution is -0.134. The minimum absolute atomic E-state index is 0.0358. The zero-order valence-corrected chi connectivity index (χ0v) is 25.7. The topological polar surface area (TPSA) is 85.1 Å². The van der Waals surface area contributed by atoms with Crippen LogP contribution in [0.15, 0.2) is 67.4 Å². The molecule has 0 saturated carbocycles. The Morgan fingerprint density at radius 1 is 1.00 bits per heavy atom. The number of hydrogen-bond donors (Lipinski definition) is 0. The first-order chi connectivity index (χ1) is 21.5. The van der Waals surface area contributed by atoms with Gasteiger partial charge in [0.2, 0.25) is 5.91 Å². The first kappa shape index (κ1) is 30.1. The van der Waals surface area contributed by atoms with Crippen molar-refractivity contribution in [2.75, 3.05) is 73.2 Å². The number of fused-ring (bicyclic) bond motifs is 1. The number of carbonyl (C=O) groups excluding carboxylic acids is 2. The van der Waals surface area contributed by atoms with Gasteiger partial charge in [-0.2, -0.15) is 0 Å². The molecule has 0 unspecified atom stereocenters. The van der Waals surface area contributed by atoms with Crippen LogP contribution in [0.2, 0.25) is 0 Å². The molecule has 2 aromatic heterocycles. The quantitative estimate of drug-likeness (QED) is 0.276. The van der Waals surface area contributed by atoms with E-state index in [0.29, 0.717) is 45.0 Å². The van der Waals surface area contributed by atoms with E-state index in [4.69, 9.17) is 9.47 Å². The van der Waals surface area contributed by atoms with Crippen molar-refractivity contribution in [2.45, 2.75) is 25.4 Å². The van der Waals surface area contributed by atoms with Crippen LogP contribution in [-0.4, -0.2) is 114 Å². The van der Waals surface area contributed by atoms with Crippen molar-refractivity contribution in [1.82, 2.24) is 28.8 Å². The molecule has 0 N–H and O–H groups in total. The van der Waals surface area contributed by atoms with E-state index < -0.39 is 0 Å². The van der Waals surface area contributed by atoms with Crippen LogP contribution in [0.25, 0.3) is 21.9 Å². The Labute approximate surface area is 258 Å². The third-order valence-electron chi connectivity index (χ3n) is 8.93. The molecule has 0 radical (unpaired) electrons. The number of piperidine rings is 1. The van der Waals surface area contributed by atoms with Crippen LogP contribution >= 0.6 is 0 Å². The highest BCUT2D eigenvalue weighted by molar-refractivity contribution is 6.06. The molecule has 0 atom stereocenters. The molecule has 2 saturated heterocycles. The van der Waals surface area contributed by atoms with Gasteiger partial charge in [0.25, 0.3) is 5.91 Å². The first-order valence-corrected chi connectivity index (χ1v) is 15.5. The van der Waals surface area contributed by atoms with Gasteiger partial charge in [0.1, 0.15) is 0 Å². The summed E-state index contributed by atoms with van der Waals surface area (Å²) in [6.45, 7) is 6.56. The second-order valence-corrected chi connectivity index (χ2v) is 11.8. The van der Waals surface area contributed by atoms with E-state index in [-0.39, 0.29) is 17.9 Å². The van der Waals surface area contributed by atoms with Gasteiger partial charge in [0.15, 0.2) is 0 Å². The smallest absolute Gasteiger partial charge is 0.255 e. The number of imidazole rings is 1. The number of nitrogens with zero attached hydrogens (tertiary/aromatic N) is 6. The summed E-state index contributed by atoms with van der Waals surface area (Å²) in [6, 6.07) is 14.8. The minimum atomic E-state index is -0.0358. The third-order valence-corrected chi connectivity index (χ3v) is 8.93. The Bertz CT molecular complexity index is 1580. The molecule has 0 aliphatic carbocycles. The summed E-state index contributed by atoms with van der Waals surface area (Å²) in [5.41, 5.74) is 3.69. The molecule has 6 rings (SSSR count). The number of amides is 2. The minimum Gasteiger partial charge on any atom is -0.383 e. The fraction of sp³-hybridized carbons (Fsp3) is 0.441. The molecule has 4 aromatic rings. The molecule has 2 aromatic carbocycles. The largest absolute Gasteiger partial charge is 0.383 e. The van der Waals surface area contributed by atoms with Crippen LogP contribution < -0.4 is 0 Å². The molecule has 2 aliphatic rings.